The van der Waals surface area contributed by atoms with Crippen LogP contribution < -0.4 is 21.1 Å². The van der Waals surface area contributed by atoms with Crippen molar-refractivity contribution >= 4 is 33.2 Å². The molecule has 2 saturated heterocycles. The highest BCUT2D eigenvalue weighted by molar-refractivity contribution is 9.10. The Balaban J connectivity index is 1.37. The molecule has 2 heterocycles. The fourth-order valence-electron chi connectivity index (χ4n) is 3.52. The minimum Gasteiger partial charge on any atom is -0.378 e. The molecule has 2 aliphatic rings. The van der Waals surface area contributed by atoms with Gasteiger partial charge in [0.1, 0.15) is 11.9 Å². The van der Waals surface area contributed by atoms with Gasteiger partial charge in [-0.15, -0.1) is 0 Å². The van der Waals surface area contributed by atoms with Crippen LogP contribution in [0.15, 0.2) is 46.9 Å². The Hall–Kier alpha value is -2.00. The standard InChI is InChI=1S/C20H22BrFN4O2/c21-14-3-1-13(2-4-14)17-12-18(25-24-17)20(27)23-15-5-6-19(16(22)11-15)26-7-9-28-10-8-26/h1-6,11,17-18,24-25H,7-10,12H2,(H,23,27). The SMILES string of the molecule is O=C(Nc1ccc(N2CCOCC2)c(F)c1)C1CC(c2ccc(Br)cc2)NN1. The summed E-state index contributed by atoms with van der Waals surface area (Å²) in [6.45, 7) is 2.52. The van der Waals surface area contributed by atoms with Crippen LogP contribution in [-0.4, -0.2) is 38.3 Å². The minimum absolute atomic E-state index is 0.0456. The monoisotopic (exact) mass is 448 g/mol. The third-order valence-electron chi connectivity index (χ3n) is 5.06. The summed E-state index contributed by atoms with van der Waals surface area (Å²) in [6, 6.07) is 12.5. The van der Waals surface area contributed by atoms with Crippen molar-refractivity contribution in [3.8, 4) is 0 Å². The van der Waals surface area contributed by atoms with E-state index in [1.807, 2.05) is 29.2 Å². The number of amides is 1. The lowest BCUT2D eigenvalue weighted by atomic mass is 10.0. The van der Waals surface area contributed by atoms with Gasteiger partial charge in [-0.1, -0.05) is 28.1 Å². The summed E-state index contributed by atoms with van der Waals surface area (Å²) in [4.78, 5) is 14.5. The van der Waals surface area contributed by atoms with Crippen LogP contribution in [0.5, 0.6) is 0 Å². The molecule has 0 aliphatic carbocycles. The number of morpholine rings is 1. The van der Waals surface area contributed by atoms with E-state index in [1.54, 1.807) is 12.1 Å². The van der Waals surface area contributed by atoms with E-state index in [1.165, 1.54) is 6.07 Å². The minimum atomic E-state index is -0.393. The highest BCUT2D eigenvalue weighted by Crippen LogP contribution is 2.26. The van der Waals surface area contributed by atoms with Gasteiger partial charge >= 0.3 is 0 Å². The van der Waals surface area contributed by atoms with Crippen LogP contribution in [0.1, 0.15) is 18.0 Å². The van der Waals surface area contributed by atoms with Gasteiger partial charge in [0.05, 0.1) is 18.9 Å². The number of nitrogens with one attached hydrogen (secondary N) is 3. The Morgan fingerprint density at radius 1 is 1.14 bits per heavy atom. The number of rotatable bonds is 4. The lowest BCUT2D eigenvalue weighted by Crippen LogP contribution is -2.39. The van der Waals surface area contributed by atoms with E-state index < -0.39 is 6.04 Å². The molecule has 4 rings (SSSR count). The molecule has 0 spiro atoms. The van der Waals surface area contributed by atoms with Crippen LogP contribution in [-0.2, 0) is 9.53 Å². The van der Waals surface area contributed by atoms with E-state index in [2.05, 4.69) is 32.1 Å². The molecular formula is C20H22BrFN4O2. The molecule has 2 aromatic carbocycles. The van der Waals surface area contributed by atoms with Crippen molar-refractivity contribution in [2.24, 2.45) is 0 Å². The maximum atomic E-state index is 14.5. The van der Waals surface area contributed by atoms with E-state index in [-0.39, 0.29) is 17.8 Å². The lowest BCUT2D eigenvalue weighted by Gasteiger charge is -2.29. The molecule has 0 bridgehead atoms. The summed E-state index contributed by atoms with van der Waals surface area (Å²) in [5, 5.41) is 2.80. The Morgan fingerprint density at radius 2 is 1.89 bits per heavy atom. The summed E-state index contributed by atoms with van der Waals surface area (Å²) in [7, 11) is 0. The van der Waals surface area contributed by atoms with Gasteiger partial charge in [-0.3, -0.25) is 4.79 Å². The van der Waals surface area contributed by atoms with E-state index in [9.17, 15) is 9.18 Å². The van der Waals surface area contributed by atoms with Gasteiger partial charge in [0.25, 0.3) is 0 Å². The summed E-state index contributed by atoms with van der Waals surface area (Å²) >= 11 is 3.42. The van der Waals surface area contributed by atoms with Crippen molar-refractivity contribution in [3.63, 3.8) is 0 Å². The van der Waals surface area contributed by atoms with Crippen molar-refractivity contribution in [1.29, 1.82) is 0 Å². The van der Waals surface area contributed by atoms with Crippen LogP contribution in [0.4, 0.5) is 15.8 Å². The predicted molar refractivity (Wildman–Crippen MR) is 110 cm³/mol. The smallest absolute Gasteiger partial charge is 0.242 e. The second-order valence-corrected chi connectivity index (χ2v) is 7.85. The average molecular weight is 449 g/mol. The van der Waals surface area contributed by atoms with Crippen LogP contribution >= 0.6 is 15.9 Å². The van der Waals surface area contributed by atoms with Crippen molar-refractivity contribution in [3.05, 3.63) is 58.3 Å². The largest absolute Gasteiger partial charge is 0.378 e. The molecule has 2 aliphatic heterocycles. The summed E-state index contributed by atoms with van der Waals surface area (Å²) in [5.41, 5.74) is 8.28. The molecular weight excluding hydrogens is 427 g/mol. The lowest BCUT2D eigenvalue weighted by molar-refractivity contribution is -0.117. The molecule has 0 aromatic heterocycles. The fourth-order valence-corrected chi connectivity index (χ4v) is 3.78. The van der Waals surface area contributed by atoms with Crippen molar-refractivity contribution in [1.82, 2.24) is 10.9 Å². The number of hydrazine groups is 1. The Bertz CT molecular complexity index is 843. The van der Waals surface area contributed by atoms with E-state index in [0.717, 1.165) is 10.0 Å². The molecule has 1 amide bonds. The molecule has 0 saturated carbocycles. The number of carbonyl (C=O) groups excluding carboxylic acids is 1. The second kappa shape index (κ2) is 8.57. The van der Waals surface area contributed by atoms with Crippen molar-refractivity contribution in [2.75, 3.05) is 36.5 Å². The van der Waals surface area contributed by atoms with E-state index in [0.29, 0.717) is 44.1 Å². The highest BCUT2D eigenvalue weighted by Gasteiger charge is 2.30. The van der Waals surface area contributed by atoms with Gasteiger partial charge in [0.2, 0.25) is 5.91 Å². The molecule has 2 fully saturated rings. The number of ether oxygens (including phenoxy) is 1. The van der Waals surface area contributed by atoms with Crippen molar-refractivity contribution < 1.29 is 13.9 Å². The Kier molecular flexibility index (Phi) is 5.91. The first-order valence-electron chi connectivity index (χ1n) is 9.30. The first-order chi connectivity index (χ1) is 13.6. The second-order valence-electron chi connectivity index (χ2n) is 6.94. The number of halogens is 2. The number of carbonyl (C=O) groups is 1. The molecule has 0 radical (unpaired) electrons. The number of hydrogen-bond donors (Lipinski definition) is 3. The highest BCUT2D eigenvalue weighted by atomic mass is 79.9. The van der Waals surface area contributed by atoms with Crippen LogP contribution in [0.3, 0.4) is 0 Å². The summed E-state index contributed by atoms with van der Waals surface area (Å²) in [6.07, 6.45) is 0.613. The maximum absolute atomic E-state index is 14.5. The molecule has 148 valence electrons. The first-order valence-corrected chi connectivity index (χ1v) is 10.1. The molecule has 6 nitrogen and oxygen atoms in total. The molecule has 8 heteroatoms. The molecule has 2 unspecified atom stereocenters. The molecule has 3 N–H and O–H groups in total. The quantitative estimate of drug-likeness (QED) is 0.670. The number of nitrogens with zero attached hydrogens (tertiary/aromatic N) is 1. The summed E-state index contributed by atoms with van der Waals surface area (Å²) in [5.74, 6) is -0.532. The van der Waals surface area contributed by atoms with Gasteiger partial charge < -0.3 is 15.0 Å². The molecule has 2 aromatic rings. The average Bonchev–Trinajstić information content (AvgIpc) is 3.20. The maximum Gasteiger partial charge on any atom is 0.242 e. The van der Waals surface area contributed by atoms with Gasteiger partial charge in [0.15, 0.2) is 0 Å². The van der Waals surface area contributed by atoms with Crippen molar-refractivity contribution in [2.45, 2.75) is 18.5 Å². The topological polar surface area (TPSA) is 65.6 Å². The van der Waals surface area contributed by atoms with Gasteiger partial charge in [-0.05, 0) is 42.3 Å². The molecule has 2 atom stereocenters. The molecule has 28 heavy (non-hydrogen) atoms. The normalized spacial score (nSPS) is 22.3. The summed E-state index contributed by atoms with van der Waals surface area (Å²) < 4.78 is 20.8. The van der Waals surface area contributed by atoms with Gasteiger partial charge in [-0.2, -0.15) is 0 Å². The van der Waals surface area contributed by atoms with Gasteiger partial charge in [0, 0.05) is 29.3 Å². The third kappa shape index (κ3) is 4.35. The Morgan fingerprint density at radius 3 is 2.61 bits per heavy atom. The van der Waals surface area contributed by atoms with Gasteiger partial charge in [-0.25, -0.2) is 15.2 Å². The zero-order valence-corrected chi connectivity index (χ0v) is 16.8. The number of anilines is 2. The third-order valence-corrected chi connectivity index (χ3v) is 5.59. The number of benzene rings is 2. The zero-order chi connectivity index (χ0) is 19.5. The van der Waals surface area contributed by atoms with Crippen LogP contribution in [0.2, 0.25) is 0 Å². The first kappa shape index (κ1) is 19.3. The predicted octanol–water partition coefficient (Wildman–Crippen LogP) is 2.97. The van der Waals surface area contributed by atoms with Crippen LogP contribution in [0.25, 0.3) is 0 Å². The van der Waals surface area contributed by atoms with E-state index in [4.69, 9.17) is 4.74 Å². The fraction of sp³-hybridized carbons (Fsp3) is 0.350. The van der Waals surface area contributed by atoms with E-state index >= 15 is 0 Å². The zero-order valence-electron chi connectivity index (χ0n) is 15.3. The Labute approximate surface area is 171 Å². The van der Waals surface area contributed by atoms with Crippen LogP contribution in [0, 0.1) is 5.82 Å². The number of hydrogen-bond acceptors (Lipinski definition) is 5.